The lowest BCUT2D eigenvalue weighted by Gasteiger charge is -2.27. The fraction of sp³-hybridized carbons (Fsp3) is 0.333. The van der Waals surface area contributed by atoms with Gasteiger partial charge in [-0.25, -0.2) is 8.78 Å². The molecule has 0 aliphatic heterocycles. The van der Waals surface area contributed by atoms with Gasteiger partial charge in [0.05, 0.1) is 5.69 Å². The zero-order valence-electron chi connectivity index (χ0n) is 16.0. The predicted molar refractivity (Wildman–Crippen MR) is 102 cm³/mol. The third-order valence-corrected chi connectivity index (χ3v) is 4.34. The van der Waals surface area contributed by atoms with E-state index in [1.807, 2.05) is 25.1 Å². The number of benzene rings is 2. The maximum absolute atomic E-state index is 13.3. The Balaban J connectivity index is 2.13. The molecule has 0 aliphatic carbocycles. The van der Waals surface area contributed by atoms with Gasteiger partial charge in [0, 0.05) is 25.6 Å². The van der Waals surface area contributed by atoms with Crippen LogP contribution in [-0.2, 0) is 4.79 Å². The summed E-state index contributed by atoms with van der Waals surface area (Å²) in [6, 6.07) is 8.87. The summed E-state index contributed by atoms with van der Waals surface area (Å²) in [5, 5.41) is 2.65. The van der Waals surface area contributed by atoms with Crippen molar-refractivity contribution in [2.75, 3.05) is 18.0 Å². The van der Waals surface area contributed by atoms with Gasteiger partial charge >= 0.3 is 0 Å². The van der Waals surface area contributed by atoms with E-state index in [0.29, 0.717) is 0 Å². The lowest BCUT2D eigenvalue weighted by atomic mass is 9.97. The molecule has 4 nitrogen and oxygen atoms in total. The summed E-state index contributed by atoms with van der Waals surface area (Å²) in [5.41, 5.74) is 2.91. The summed E-state index contributed by atoms with van der Waals surface area (Å²) >= 11 is 0. The van der Waals surface area contributed by atoms with Crippen LogP contribution in [0.2, 0.25) is 0 Å². The largest absolute Gasteiger partial charge is 0.350 e. The van der Waals surface area contributed by atoms with Crippen LogP contribution < -0.4 is 10.2 Å². The quantitative estimate of drug-likeness (QED) is 0.825. The van der Waals surface area contributed by atoms with E-state index in [0.717, 1.165) is 28.9 Å². The molecule has 2 aromatic rings. The van der Waals surface area contributed by atoms with Gasteiger partial charge in [0.15, 0.2) is 11.6 Å². The van der Waals surface area contributed by atoms with Crippen molar-refractivity contribution < 1.29 is 18.4 Å². The molecule has 0 saturated carbocycles. The van der Waals surface area contributed by atoms with Gasteiger partial charge in [-0.15, -0.1) is 0 Å². The number of anilines is 1. The molecule has 2 rings (SSSR count). The van der Waals surface area contributed by atoms with Crippen molar-refractivity contribution in [2.45, 2.75) is 33.6 Å². The van der Waals surface area contributed by atoms with Crippen molar-refractivity contribution in [1.82, 2.24) is 5.32 Å². The van der Waals surface area contributed by atoms with Crippen molar-refractivity contribution in [3.8, 4) is 0 Å². The molecule has 0 heterocycles. The van der Waals surface area contributed by atoms with Crippen LogP contribution in [0.15, 0.2) is 36.4 Å². The molecule has 1 N–H and O–H groups in total. The zero-order chi connectivity index (χ0) is 20.1. The molecule has 0 fully saturated rings. The number of nitrogens with zero attached hydrogens (tertiary/aromatic N) is 1. The normalized spacial score (nSPS) is 10.8. The molecule has 0 radical (unpaired) electrons. The first-order valence-corrected chi connectivity index (χ1v) is 8.83. The summed E-state index contributed by atoms with van der Waals surface area (Å²) < 4.78 is 26.3. The Hall–Kier alpha value is -2.76. The van der Waals surface area contributed by atoms with Crippen LogP contribution in [0.3, 0.4) is 0 Å². The van der Waals surface area contributed by atoms with E-state index in [9.17, 15) is 18.4 Å². The number of carbonyl (C=O) groups is 2. The molecule has 144 valence electrons. The topological polar surface area (TPSA) is 49.4 Å². The van der Waals surface area contributed by atoms with Crippen LogP contribution in [0.25, 0.3) is 0 Å². The molecule has 6 heteroatoms. The van der Waals surface area contributed by atoms with Gasteiger partial charge in [-0.3, -0.25) is 9.59 Å². The van der Waals surface area contributed by atoms with Gasteiger partial charge in [0.2, 0.25) is 5.91 Å². The summed E-state index contributed by atoms with van der Waals surface area (Å²) in [7, 11) is 0. The average molecular weight is 374 g/mol. The molecule has 0 aliphatic rings. The van der Waals surface area contributed by atoms with Crippen molar-refractivity contribution in [2.24, 2.45) is 0 Å². The van der Waals surface area contributed by atoms with Gasteiger partial charge < -0.3 is 10.2 Å². The van der Waals surface area contributed by atoms with Gasteiger partial charge in [-0.05, 0) is 42.2 Å². The van der Waals surface area contributed by atoms with Crippen LogP contribution >= 0.6 is 0 Å². The number of amides is 2. The van der Waals surface area contributed by atoms with Crippen molar-refractivity contribution >= 4 is 17.5 Å². The van der Waals surface area contributed by atoms with Gasteiger partial charge in [0.25, 0.3) is 5.91 Å². The fourth-order valence-corrected chi connectivity index (χ4v) is 2.96. The maximum Gasteiger partial charge on any atom is 0.251 e. The molecule has 2 amide bonds. The second-order valence-electron chi connectivity index (χ2n) is 6.72. The number of nitrogens with one attached hydrogen (secondary N) is 1. The van der Waals surface area contributed by atoms with Gasteiger partial charge in [-0.1, -0.05) is 32.0 Å². The predicted octanol–water partition coefficient (Wildman–Crippen LogP) is 4.18. The lowest BCUT2D eigenvalue weighted by molar-refractivity contribution is -0.116. The Labute approximate surface area is 158 Å². The van der Waals surface area contributed by atoms with E-state index < -0.39 is 17.5 Å². The highest BCUT2D eigenvalue weighted by Gasteiger charge is 2.19. The fourth-order valence-electron chi connectivity index (χ4n) is 2.96. The molecular weight excluding hydrogens is 350 g/mol. The molecule has 0 spiro atoms. The molecule has 27 heavy (non-hydrogen) atoms. The summed E-state index contributed by atoms with van der Waals surface area (Å²) in [5.74, 6) is -2.50. The number of hydrogen-bond donors (Lipinski definition) is 1. The minimum absolute atomic E-state index is 0.0297. The van der Waals surface area contributed by atoms with Crippen molar-refractivity contribution in [1.29, 1.82) is 0 Å². The molecule has 2 aromatic carbocycles. The molecule has 0 saturated heterocycles. The van der Waals surface area contributed by atoms with Crippen LogP contribution in [0, 0.1) is 18.6 Å². The summed E-state index contributed by atoms with van der Waals surface area (Å²) in [4.78, 5) is 26.0. The van der Waals surface area contributed by atoms with E-state index in [1.165, 1.54) is 13.0 Å². The van der Waals surface area contributed by atoms with Crippen LogP contribution in [0.5, 0.6) is 0 Å². The monoisotopic (exact) mass is 374 g/mol. The van der Waals surface area contributed by atoms with E-state index >= 15 is 0 Å². The van der Waals surface area contributed by atoms with E-state index in [1.54, 1.807) is 4.90 Å². The first kappa shape index (κ1) is 20.6. The van der Waals surface area contributed by atoms with E-state index in [4.69, 9.17) is 0 Å². The smallest absolute Gasteiger partial charge is 0.251 e. The second kappa shape index (κ2) is 8.75. The number of rotatable bonds is 6. The highest BCUT2D eigenvalue weighted by molar-refractivity contribution is 5.95. The summed E-state index contributed by atoms with van der Waals surface area (Å²) in [6.07, 6.45) is 0. The summed E-state index contributed by atoms with van der Waals surface area (Å²) in [6.45, 7) is 7.99. The molecule has 0 atom stereocenters. The lowest BCUT2D eigenvalue weighted by Crippen LogP contribution is -2.38. The third kappa shape index (κ3) is 4.90. The first-order chi connectivity index (χ1) is 12.7. The number of hydrogen-bond acceptors (Lipinski definition) is 2. The maximum atomic E-state index is 13.3. The Bertz CT molecular complexity index is 850. The Morgan fingerprint density at radius 1 is 1.11 bits per heavy atom. The van der Waals surface area contributed by atoms with Gasteiger partial charge in [0.1, 0.15) is 0 Å². The number of halogens is 2. The Kier molecular flexibility index (Phi) is 6.66. The van der Waals surface area contributed by atoms with Gasteiger partial charge in [-0.2, -0.15) is 0 Å². The Morgan fingerprint density at radius 3 is 2.41 bits per heavy atom. The minimum Gasteiger partial charge on any atom is -0.350 e. The molecule has 0 unspecified atom stereocenters. The number of para-hydroxylation sites is 1. The van der Waals surface area contributed by atoms with Crippen molar-refractivity contribution in [3.05, 3.63) is 64.7 Å². The van der Waals surface area contributed by atoms with Crippen LogP contribution in [-0.4, -0.2) is 24.9 Å². The second-order valence-corrected chi connectivity index (χ2v) is 6.72. The Morgan fingerprint density at radius 2 is 1.81 bits per heavy atom. The SMILES string of the molecule is CC(=O)N(CCNC(=O)c1ccc(F)c(F)c1)c1c(C)cccc1C(C)C. The highest BCUT2D eigenvalue weighted by atomic mass is 19.2. The first-order valence-electron chi connectivity index (χ1n) is 8.83. The zero-order valence-corrected chi connectivity index (χ0v) is 16.0. The van der Waals surface area contributed by atoms with Crippen molar-refractivity contribution in [3.63, 3.8) is 0 Å². The van der Waals surface area contributed by atoms with Crippen LogP contribution in [0.4, 0.5) is 14.5 Å². The average Bonchev–Trinajstić information content (AvgIpc) is 2.60. The molecule has 0 bridgehead atoms. The molecular formula is C21H24F2N2O2. The number of aryl methyl sites for hydroxylation is 1. The van der Waals surface area contributed by atoms with E-state index in [-0.39, 0.29) is 30.5 Å². The third-order valence-electron chi connectivity index (χ3n) is 4.34. The minimum atomic E-state index is -1.07. The standard InChI is InChI=1S/C21H24F2N2O2/c1-13(2)17-7-5-6-14(3)20(17)25(15(4)26)11-10-24-21(27)16-8-9-18(22)19(23)12-16/h5-9,12-13H,10-11H2,1-4H3,(H,24,27). The molecule has 0 aromatic heterocycles. The van der Waals surface area contributed by atoms with Crippen LogP contribution in [0.1, 0.15) is 48.2 Å². The van der Waals surface area contributed by atoms with E-state index in [2.05, 4.69) is 19.2 Å². The number of carbonyl (C=O) groups excluding carboxylic acids is 2. The highest BCUT2D eigenvalue weighted by Crippen LogP contribution is 2.30.